The number of rotatable bonds is 6. The first-order valence-electron chi connectivity index (χ1n) is 5.64. The van der Waals surface area contributed by atoms with Crippen LogP contribution in [0.5, 0.6) is 5.75 Å². The Bertz CT molecular complexity index is 439. The van der Waals surface area contributed by atoms with Crippen molar-refractivity contribution in [1.82, 2.24) is 0 Å². The fourth-order valence-electron chi connectivity index (χ4n) is 1.46. The molecule has 1 aromatic carbocycles. The quantitative estimate of drug-likeness (QED) is 0.783. The number of hydrogen-bond donors (Lipinski definition) is 1. The molecule has 0 aliphatic heterocycles. The molecule has 0 aliphatic rings. The van der Waals surface area contributed by atoms with Crippen molar-refractivity contribution in [3.05, 3.63) is 29.3 Å². The molecule has 98 valence electrons. The summed E-state index contributed by atoms with van der Waals surface area (Å²) in [7, 11) is 1.43. The summed E-state index contributed by atoms with van der Waals surface area (Å²) in [6, 6.07) is 4.64. The van der Waals surface area contributed by atoms with Crippen LogP contribution in [0.3, 0.4) is 0 Å². The van der Waals surface area contributed by atoms with Crippen molar-refractivity contribution in [3.63, 3.8) is 0 Å². The van der Waals surface area contributed by atoms with Gasteiger partial charge in [-0.05, 0) is 24.1 Å². The standard InChI is InChI=1S/C13H16O5/c1-3-6-18-13(16)10-5-4-9(8-12(14)15)7-11(10)17-2/h4-5,7H,3,6,8H2,1-2H3,(H,14,15). The van der Waals surface area contributed by atoms with Gasteiger partial charge in [0.1, 0.15) is 11.3 Å². The molecule has 0 aliphatic carbocycles. The summed E-state index contributed by atoms with van der Waals surface area (Å²) in [5.74, 6) is -1.07. The topological polar surface area (TPSA) is 72.8 Å². The summed E-state index contributed by atoms with van der Waals surface area (Å²) < 4.78 is 10.1. The Morgan fingerprint density at radius 3 is 2.61 bits per heavy atom. The van der Waals surface area contributed by atoms with Crippen LogP contribution in [0.4, 0.5) is 0 Å². The second-order valence-electron chi connectivity index (χ2n) is 3.74. The van der Waals surface area contributed by atoms with Crippen LogP contribution >= 0.6 is 0 Å². The van der Waals surface area contributed by atoms with Gasteiger partial charge in [-0.3, -0.25) is 4.79 Å². The van der Waals surface area contributed by atoms with Gasteiger partial charge >= 0.3 is 11.9 Å². The highest BCUT2D eigenvalue weighted by Gasteiger charge is 2.14. The molecule has 0 saturated heterocycles. The molecule has 0 unspecified atom stereocenters. The number of carbonyl (C=O) groups excluding carboxylic acids is 1. The highest BCUT2D eigenvalue weighted by Crippen LogP contribution is 2.21. The summed E-state index contributed by atoms with van der Waals surface area (Å²) in [5, 5.41) is 8.69. The summed E-state index contributed by atoms with van der Waals surface area (Å²) in [4.78, 5) is 22.3. The monoisotopic (exact) mass is 252 g/mol. The number of methoxy groups -OCH3 is 1. The molecule has 18 heavy (non-hydrogen) atoms. The van der Waals surface area contributed by atoms with Gasteiger partial charge in [-0.1, -0.05) is 13.0 Å². The molecule has 0 aromatic heterocycles. The molecule has 0 bridgehead atoms. The number of hydrogen-bond acceptors (Lipinski definition) is 4. The first-order valence-corrected chi connectivity index (χ1v) is 5.64. The number of carbonyl (C=O) groups is 2. The zero-order valence-electron chi connectivity index (χ0n) is 10.4. The summed E-state index contributed by atoms with van der Waals surface area (Å²) in [5.41, 5.74) is 0.881. The molecular weight excluding hydrogens is 236 g/mol. The van der Waals surface area contributed by atoms with Crippen LogP contribution in [0.15, 0.2) is 18.2 Å². The highest BCUT2D eigenvalue weighted by atomic mass is 16.5. The number of carboxylic acids is 1. The van der Waals surface area contributed by atoms with Crippen molar-refractivity contribution in [2.75, 3.05) is 13.7 Å². The minimum absolute atomic E-state index is 0.110. The Morgan fingerprint density at radius 2 is 2.06 bits per heavy atom. The summed E-state index contributed by atoms with van der Waals surface area (Å²) in [6.45, 7) is 2.25. The van der Waals surface area contributed by atoms with E-state index in [1.807, 2.05) is 6.92 Å². The zero-order valence-corrected chi connectivity index (χ0v) is 10.4. The number of carboxylic acid groups (broad SMARTS) is 1. The van der Waals surface area contributed by atoms with Crippen LogP contribution in [0.2, 0.25) is 0 Å². The Labute approximate surface area is 105 Å². The van der Waals surface area contributed by atoms with Crippen molar-refractivity contribution in [2.45, 2.75) is 19.8 Å². The van der Waals surface area contributed by atoms with Crippen molar-refractivity contribution < 1.29 is 24.2 Å². The molecule has 1 rings (SSSR count). The van der Waals surface area contributed by atoms with Gasteiger partial charge in [-0.2, -0.15) is 0 Å². The number of esters is 1. The molecule has 5 nitrogen and oxygen atoms in total. The van der Waals surface area contributed by atoms with E-state index in [1.54, 1.807) is 6.07 Å². The molecule has 0 saturated carbocycles. The molecule has 1 N–H and O–H groups in total. The van der Waals surface area contributed by atoms with Gasteiger partial charge in [0.25, 0.3) is 0 Å². The van der Waals surface area contributed by atoms with E-state index in [-0.39, 0.29) is 6.42 Å². The van der Waals surface area contributed by atoms with Crippen molar-refractivity contribution in [3.8, 4) is 5.75 Å². The molecule has 0 heterocycles. The minimum atomic E-state index is -0.932. The van der Waals surface area contributed by atoms with Gasteiger partial charge in [0.15, 0.2) is 0 Å². The average Bonchev–Trinajstić information content (AvgIpc) is 2.35. The van der Waals surface area contributed by atoms with Gasteiger partial charge in [0.2, 0.25) is 0 Å². The lowest BCUT2D eigenvalue weighted by Crippen LogP contribution is -2.09. The molecule has 0 amide bonds. The molecule has 5 heteroatoms. The minimum Gasteiger partial charge on any atom is -0.496 e. The molecule has 0 spiro atoms. The Balaban J connectivity index is 2.92. The SMILES string of the molecule is CCCOC(=O)c1ccc(CC(=O)O)cc1OC. The maximum Gasteiger partial charge on any atom is 0.341 e. The lowest BCUT2D eigenvalue weighted by Gasteiger charge is -2.09. The lowest BCUT2D eigenvalue weighted by atomic mass is 10.1. The van der Waals surface area contributed by atoms with Crippen molar-refractivity contribution >= 4 is 11.9 Å². The second-order valence-corrected chi connectivity index (χ2v) is 3.74. The van der Waals surface area contributed by atoms with Crippen LogP contribution in [0, 0.1) is 0 Å². The van der Waals surface area contributed by atoms with Crippen molar-refractivity contribution in [2.24, 2.45) is 0 Å². The zero-order chi connectivity index (χ0) is 13.5. The van der Waals surface area contributed by atoms with E-state index in [9.17, 15) is 9.59 Å². The third-order valence-corrected chi connectivity index (χ3v) is 2.28. The number of aliphatic carboxylic acids is 1. The Morgan fingerprint density at radius 1 is 1.33 bits per heavy atom. The van der Waals surface area contributed by atoms with Gasteiger partial charge < -0.3 is 14.6 Å². The largest absolute Gasteiger partial charge is 0.496 e. The third-order valence-electron chi connectivity index (χ3n) is 2.28. The molecular formula is C13H16O5. The van der Waals surface area contributed by atoms with E-state index < -0.39 is 11.9 Å². The normalized spacial score (nSPS) is 9.89. The van der Waals surface area contributed by atoms with Crippen LogP contribution < -0.4 is 4.74 Å². The van der Waals surface area contributed by atoms with Crippen LogP contribution in [0.25, 0.3) is 0 Å². The smallest absolute Gasteiger partial charge is 0.341 e. The van der Waals surface area contributed by atoms with Crippen LogP contribution in [-0.2, 0) is 16.0 Å². The molecule has 1 aromatic rings. The highest BCUT2D eigenvalue weighted by molar-refractivity contribution is 5.92. The summed E-state index contributed by atoms with van der Waals surface area (Å²) in [6.07, 6.45) is 0.631. The molecule has 0 atom stereocenters. The van der Waals surface area contributed by atoms with Gasteiger partial charge in [0.05, 0.1) is 20.1 Å². The second kappa shape index (κ2) is 6.64. The molecule has 0 fully saturated rings. The third kappa shape index (κ3) is 3.76. The van der Waals surface area contributed by atoms with E-state index in [0.29, 0.717) is 23.5 Å². The fourth-order valence-corrected chi connectivity index (χ4v) is 1.46. The van der Waals surface area contributed by atoms with E-state index in [0.717, 1.165) is 6.42 Å². The maximum absolute atomic E-state index is 11.7. The van der Waals surface area contributed by atoms with Crippen LogP contribution in [0.1, 0.15) is 29.3 Å². The fraction of sp³-hybridized carbons (Fsp3) is 0.385. The predicted molar refractivity (Wildman–Crippen MR) is 64.9 cm³/mol. The van der Waals surface area contributed by atoms with E-state index in [4.69, 9.17) is 14.6 Å². The first kappa shape index (κ1) is 14.0. The first-order chi connectivity index (χ1) is 8.58. The average molecular weight is 252 g/mol. The van der Waals surface area contributed by atoms with Gasteiger partial charge in [-0.15, -0.1) is 0 Å². The van der Waals surface area contributed by atoms with Gasteiger partial charge in [-0.25, -0.2) is 4.79 Å². The van der Waals surface area contributed by atoms with E-state index >= 15 is 0 Å². The maximum atomic E-state index is 11.7. The summed E-state index contributed by atoms with van der Waals surface area (Å²) >= 11 is 0. The van der Waals surface area contributed by atoms with E-state index in [1.165, 1.54) is 19.2 Å². The van der Waals surface area contributed by atoms with E-state index in [2.05, 4.69) is 0 Å². The van der Waals surface area contributed by atoms with Gasteiger partial charge in [0, 0.05) is 0 Å². The molecule has 0 radical (unpaired) electrons. The lowest BCUT2D eigenvalue weighted by molar-refractivity contribution is -0.136. The van der Waals surface area contributed by atoms with Crippen molar-refractivity contribution in [1.29, 1.82) is 0 Å². The van der Waals surface area contributed by atoms with Crippen LogP contribution in [-0.4, -0.2) is 30.8 Å². The predicted octanol–water partition coefficient (Wildman–Crippen LogP) is 1.89. The Hall–Kier alpha value is -2.04. The number of benzene rings is 1. The number of ether oxygens (including phenoxy) is 2. The Kier molecular flexibility index (Phi) is 5.17.